The van der Waals surface area contributed by atoms with Crippen LogP contribution in [-0.4, -0.2) is 34.1 Å². The SMILES string of the molecule is CC1=C2C3OCC(C)(O)C3(O)CCC2(C)CCC1. The van der Waals surface area contributed by atoms with Gasteiger partial charge in [-0.15, -0.1) is 0 Å². The second kappa shape index (κ2) is 3.59. The largest absolute Gasteiger partial charge is 0.385 e. The van der Waals surface area contributed by atoms with Crippen molar-refractivity contribution in [2.75, 3.05) is 6.61 Å². The molecule has 0 bridgehead atoms. The van der Waals surface area contributed by atoms with Gasteiger partial charge in [0.15, 0.2) is 0 Å². The van der Waals surface area contributed by atoms with Crippen LogP contribution in [0.2, 0.25) is 0 Å². The molecular weight excluding hydrogens is 228 g/mol. The van der Waals surface area contributed by atoms with E-state index in [0.29, 0.717) is 6.42 Å². The topological polar surface area (TPSA) is 49.7 Å². The van der Waals surface area contributed by atoms with Gasteiger partial charge in [-0.1, -0.05) is 12.5 Å². The number of allylic oxidation sites excluding steroid dienone is 1. The summed E-state index contributed by atoms with van der Waals surface area (Å²) in [4.78, 5) is 0. The highest BCUT2D eigenvalue weighted by Gasteiger charge is 2.63. The highest BCUT2D eigenvalue weighted by molar-refractivity contribution is 5.36. The summed E-state index contributed by atoms with van der Waals surface area (Å²) in [5.41, 5.74) is 0.592. The van der Waals surface area contributed by atoms with Crippen LogP contribution in [0.5, 0.6) is 0 Å². The number of hydrogen-bond donors (Lipinski definition) is 2. The summed E-state index contributed by atoms with van der Waals surface area (Å²) in [7, 11) is 0. The van der Waals surface area contributed by atoms with Gasteiger partial charge < -0.3 is 14.9 Å². The third-order valence-corrected chi connectivity index (χ3v) is 5.61. The van der Waals surface area contributed by atoms with Crippen molar-refractivity contribution in [2.45, 2.75) is 70.2 Å². The summed E-state index contributed by atoms with van der Waals surface area (Å²) in [6, 6.07) is 0. The normalized spacial score (nSPS) is 52.2. The molecule has 0 amide bonds. The molecule has 2 N–H and O–H groups in total. The predicted octanol–water partition coefficient (Wildman–Crippen LogP) is 2.17. The molecule has 102 valence electrons. The average Bonchev–Trinajstić information content (AvgIpc) is 2.51. The summed E-state index contributed by atoms with van der Waals surface area (Å²) in [5.74, 6) is 0. The van der Waals surface area contributed by atoms with Gasteiger partial charge in [-0.3, -0.25) is 0 Å². The Balaban J connectivity index is 2.09. The number of fused-ring (bicyclic) bond motifs is 3. The second-order valence-electron chi connectivity index (χ2n) is 7.00. The van der Waals surface area contributed by atoms with Crippen LogP contribution in [0.4, 0.5) is 0 Å². The Morgan fingerprint density at radius 3 is 2.61 bits per heavy atom. The maximum atomic E-state index is 10.9. The fourth-order valence-corrected chi connectivity index (χ4v) is 4.31. The Hall–Kier alpha value is -0.380. The first-order valence-corrected chi connectivity index (χ1v) is 7.07. The van der Waals surface area contributed by atoms with Crippen molar-refractivity contribution >= 4 is 0 Å². The van der Waals surface area contributed by atoms with Gasteiger partial charge in [-0.2, -0.15) is 0 Å². The van der Waals surface area contributed by atoms with Gasteiger partial charge in [0.2, 0.25) is 0 Å². The summed E-state index contributed by atoms with van der Waals surface area (Å²) in [6.45, 7) is 6.39. The molecule has 1 saturated heterocycles. The molecule has 18 heavy (non-hydrogen) atoms. The highest BCUT2D eigenvalue weighted by Crippen LogP contribution is 2.57. The van der Waals surface area contributed by atoms with Crippen LogP contribution in [0.25, 0.3) is 0 Å². The zero-order valence-electron chi connectivity index (χ0n) is 11.6. The smallest absolute Gasteiger partial charge is 0.125 e. The third kappa shape index (κ3) is 1.41. The van der Waals surface area contributed by atoms with E-state index in [2.05, 4.69) is 13.8 Å². The van der Waals surface area contributed by atoms with E-state index in [1.807, 2.05) is 0 Å². The highest BCUT2D eigenvalue weighted by atomic mass is 16.5. The van der Waals surface area contributed by atoms with E-state index in [9.17, 15) is 10.2 Å². The number of rotatable bonds is 0. The summed E-state index contributed by atoms with van der Waals surface area (Å²) < 4.78 is 5.82. The van der Waals surface area contributed by atoms with E-state index in [1.165, 1.54) is 24.0 Å². The Kier molecular flexibility index (Phi) is 2.52. The molecule has 1 saturated carbocycles. The van der Waals surface area contributed by atoms with Gasteiger partial charge in [0.05, 0.1) is 6.61 Å². The minimum absolute atomic E-state index is 0.166. The van der Waals surface area contributed by atoms with Gasteiger partial charge in [0.25, 0.3) is 0 Å². The Morgan fingerprint density at radius 2 is 1.89 bits per heavy atom. The molecule has 2 aliphatic carbocycles. The zero-order valence-corrected chi connectivity index (χ0v) is 11.6. The Labute approximate surface area is 109 Å². The van der Waals surface area contributed by atoms with Crippen LogP contribution < -0.4 is 0 Å². The van der Waals surface area contributed by atoms with Crippen molar-refractivity contribution < 1.29 is 14.9 Å². The zero-order chi connectivity index (χ0) is 13.2. The van der Waals surface area contributed by atoms with Crippen molar-refractivity contribution in [3.8, 4) is 0 Å². The molecule has 0 aromatic rings. The number of hydrogen-bond acceptors (Lipinski definition) is 3. The first-order chi connectivity index (χ1) is 8.30. The van der Waals surface area contributed by atoms with Crippen LogP contribution in [0.15, 0.2) is 11.1 Å². The van der Waals surface area contributed by atoms with Gasteiger partial charge in [0.1, 0.15) is 17.3 Å². The molecule has 0 radical (unpaired) electrons. The van der Waals surface area contributed by atoms with E-state index < -0.39 is 11.2 Å². The molecule has 3 heteroatoms. The van der Waals surface area contributed by atoms with E-state index in [0.717, 1.165) is 12.8 Å². The minimum Gasteiger partial charge on any atom is -0.385 e. The maximum Gasteiger partial charge on any atom is 0.125 e. The van der Waals surface area contributed by atoms with Crippen molar-refractivity contribution in [1.82, 2.24) is 0 Å². The molecule has 3 aliphatic rings. The first kappa shape index (κ1) is 12.6. The lowest BCUT2D eigenvalue weighted by molar-refractivity contribution is -0.141. The molecule has 0 aromatic heterocycles. The van der Waals surface area contributed by atoms with E-state index >= 15 is 0 Å². The first-order valence-electron chi connectivity index (χ1n) is 7.07. The van der Waals surface area contributed by atoms with Crippen molar-refractivity contribution in [3.63, 3.8) is 0 Å². The monoisotopic (exact) mass is 252 g/mol. The molecule has 3 rings (SSSR count). The second-order valence-corrected chi connectivity index (χ2v) is 7.00. The van der Waals surface area contributed by atoms with E-state index in [-0.39, 0.29) is 18.1 Å². The van der Waals surface area contributed by atoms with Crippen LogP contribution >= 0.6 is 0 Å². The molecule has 2 fully saturated rings. The lowest BCUT2D eigenvalue weighted by Crippen LogP contribution is -2.60. The fraction of sp³-hybridized carbons (Fsp3) is 0.867. The lowest BCUT2D eigenvalue weighted by Gasteiger charge is -2.51. The van der Waals surface area contributed by atoms with Gasteiger partial charge in [-0.05, 0) is 56.9 Å². The summed E-state index contributed by atoms with van der Waals surface area (Å²) in [6.07, 6.45) is 4.80. The number of aliphatic hydroxyl groups is 2. The summed E-state index contributed by atoms with van der Waals surface area (Å²) >= 11 is 0. The fourth-order valence-electron chi connectivity index (χ4n) is 4.31. The van der Waals surface area contributed by atoms with Gasteiger partial charge in [0, 0.05) is 0 Å². The Morgan fingerprint density at radius 1 is 1.17 bits per heavy atom. The molecular formula is C15H24O3. The van der Waals surface area contributed by atoms with E-state index in [4.69, 9.17) is 4.74 Å². The quantitative estimate of drug-likeness (QED) is 0.650. The van der Waals surface area contributed by atoms with Crippen molar-refractivity contribution in [3.05, 3.63) is 11.1 Å². The molecule has 0 aromatic carbocycles. The van der Waals surface area contributed by atoms with Crippen LogP contribution in [0, 0.1) is 5.41 Å². The van der Waals surface area contributed by atoms with Gasteiger partial charge in [-0.25, -0.2) is 0 Å². The molecule has 0 spiro atoms. The van der Waals surface area contributed by atoms with Crippen LogP contribution in [0.1, 0.15) is 52.9 Å². The molecule has 4 unspecified atom stereocenters. The average molecular weight is 252 g/mol. The van der Waals surface area contributed by atoms with Crippen LogP contribution in [-0.2, 0) is 4.74 Å². The van der Waals surface area contributed by atoms with Gasteiger partial charge >= 0.3 is 0 Å². The number of ether oxygens (including phenoxy) is 1. The minimum atomic E-state index is -1.12. The molecule has 1 heterocycles. The van der Waals surface area contributed by atoms with Crippen LogP contribution in [0.3, 0.4) is 0 Å². The van der Waals surface area contributed by atoms with Crippen molar-refractivity contribution in [2.24, 2.45) is 5.41 Å². The third-order valence-electron chi connectivity index (χ3n) is 5.61. The van der Waals surface area contributed by atoms with Crippen molar-refractivity contribution in [1.29, 1.82) is 0 Å². The lowest BCUT2D eigenvalue weighted by atomic mass is 9.57. The van der Waals surface area contributed by atoms with E-state index in [1.54, 1.807) is 6.92 Å². The maximum absolute atomic E-state index is 10.9. The Bertz CT molecular complexity index is 412. The molecule has 3 nitrogen and oxygen atoms in total. The molecule has 1 aliphatic heterocycles. The summed E-state index contributed by atoms with van der Waals surface area (Å²) in [5, 5.41) is 21.3. The predicted molar refractivity (Wildman–Crippen MR) is 69.2 cm³/mol. The standard InChI is InChI=1S/C15H24O3/c1-10-5-4-6-13(2)7-8-15(17)12(11(10)13)18-9-14(15,3)16/h12,16-17H,4-9H2,1-3H3. The molecule has 4 atom stereocenters.